The molecule has 0 amide bonds. The molecule has 0 saturated heterocycles. The largest absolute Gasteiger partial charge is 0.469 e. The van der Waals surface area contributed by atoms with Gasteiger partial charge in [-0.2, -0.15) is 0 Å². The molecule has 1 saturated carbocycles. The van der Waals surface area contributed by atoms with Crippen LogP contribution in [-0.4, -0.2) is 30.9 Å². The molecule has 0 bridgehead atoms. The van der Waals surface area contributed by atoms with Gasteiger partial charge < -0.3 is 10.1 Å². The van der Waals surface area contributed by atoms with Gasteiger partial charge in [0.15, 0.2) is 5.78 Å². The van der Waals surface area contributed by atoms with Crippen LogP contribution in [0.3, 0.4) is 0 Å². The number of ether oxygens (including phenoxy) is 1. The van der Waals surface area contributed by atoms with Crippen molar-refractivity contribution in [3.05, 3.63) is 34.9 Å². The van der Waals surface area contributed by atoms with Gasteiger partial charge in [-0.25, -0.2) is 0 Å². The molecule has 1 aliphatic carbocycles. The molecule has 1 aromatic carbocycles. The molecule has 4 nitrogen and oxygen atoms in total. The third-order valence-corrected chi connectivity index (χ3v) is 3.59. The molecule has 1 atom stereocenters. The van der Waals surface area contributed by atoms with E-state index in [0.29, 0.717) is 11.6 Å². The summed E-state index contributed by atoms with van der Waals surface area (Å²) < 4.78 is 4.69. The molecule has 108 valence electrons. The third-order valence-electron chi connectivity index (χ3n) is 3.59. The lowest BCUT2D eigenvalue weighted by molar-refractivity contribution is -0.140. The zero-order chi connectivity index (χ0) is 14.7. The number of rotatable bonds is 6. The molecule has 0 aromatic heterocycles. The van der Waals surface area contributed by atoms with Crippen LogP contribution >= 0.6 is 0 Å². The Hall–Kier alpha value is -1.68. The van der Waals surface area contributed by atoms with E-state index in [1.54, 1.807) is 0 Å². The van der Waals surface area contributed by atoms with Crippen LogP contribution in [0.1, 0.15) is 40.7 Å². The predicted molar refractivity (Wildman–Crippen MR) is 76.8 cm³/mol. The Balaban J connectivity index is 2.19. The van der Waals surface area contributed by atoms with Crippen LogP contribution in [0.5, 0.6) is 0 Å². The fourth-order valence-corrected chi connectivity index (χ4v) is 2.20. The Kier molecular flexibility index (Phi) is 4.55. The van der Waals surface area contributed by atoms with Crippen molar-refractivity contribution in [3.8, 4) is 0 Å². The Morgan fingerprint density at radius 3 is 2.65 bits per heavy atom. The zero-order valence-corrected chi connectivity index (χ0v) is 12.2. The second-order valence-corrected chi connectivity index (χ2v) is 5.46. The maximum absolute atomic E-state index is 12.7. The maximum Gasteiger partial charge on any atom is 0.307 e. The number of nitrogens with one attached hydrogen (secondary N) is 1. The first-order valence-corrected chi connectivity index (χ1v) is 6.95. The standard InChI is InChI=1S/C16H21NO3/c1-10-4-5-11(2)13(8-10)16(19)14(9-15(18)20-3)17-12-6-7-12/h4-5,8,12,14,17H,6-7,9H2,1-3H3. The maximum atomic E-state index is 12.7. The van der Waals surface area contributed by atoms with Crippen molar-refractivity contribution in [2.75, 3.05) is 7.11 Å². The molecule has 2 rings (SSSR count). The first-order valence-electron chi connectivity index (χ1n) is 6.95. The number of aryl methyl sites for hydroxylation is 2. The Labute approximate surface area is 119 Å². The molecule has 1 aliphatic rings. The summed E-state index contributed by atoms with van der Waals surface area (Å²) in [5.41, 5.74) is 2.67. The summed E-state index contributed by atoms with van der Waals surface area (Å²) in [5.74, 6) is -0.384. The molecule has 0 heterocycles. The highest BCUT2D eigenvalue weighted by Gasteiger charge is 2.31. The SMILES string of the molecule is COC(=O)CC(NC1CC1)C(=O)c1cc(C)ccc1C. The number of Topliss-reactive ketones (excluding diaryl/α,β-unsaturated/α-hetero) is 1. The van der Waals surface area contributed by atoms with Crippen molar-refractivity contribution in [2.45, 2.75) is 45.2 Å². The lowest BCUT2D eigenvalue weighted by Crippen LogP contribution is -2.40. The van der Waals surface area contributed by atoms with E-state index in [1.807, 2.05) is 32.0 Å². The van der Waals surface area contributed by atoms with Crippen molar-refractivity contribution >= 4 is 11.8 Å². The fourth-order valence-electron chi connectivity index (χ4n) is 2.20. The number of carbonyl (C=O) groups is 2. The van der Waals surface area contributed by atoms with Crippen molar-refractivity contribution in [1.82, 2.24) is 5.32 Å². The van der Waals surface area contributed by atoms with Crippen LogP contribution in [0.25, 0.3) is 0 Å². The summed E-state index contributed by atoms with van der Waals surface area (Å²) in [6, 6.07) is 5.68. The molecule has 0 aliphatic heterocycles. The van der Waals surface area contributed by atoms with E-state index in [9.17, 15) is 9.59 Å². The van der Waals surface area contributed by atoms with Gasteiger partial charge in [-0.1, -0.05) is 17.7 Å². The van der Waals surface area contributed by atoms with E-state index in [0.717, 1.165) is 24.0 Å². The van der Waals surface area contributed by atoms with Crippen LogP contribution in [0.2, 0.25) is 0 Å². The van der Waals surface area contributed by atoms with E-state index in [1.165, 1.54) is 7.11 Å². The Morgan fingerprint density at radius 2 is 2.05 bits per heavy atom. The molecule has 4 heteroatoms. The van der Waals surface area contributed by atoms with Gasteiger partial charge in [0.25, 0.3) is 0 Å². The van der Waals surface area contributed by atoms with Crippen molar-refractivity contribution in [1.29, 1.82) is 0 Å². The van der Waals surface area contributed by atoms with Gasteiger partial charge in [0.2, 0.25) is 0 Å². The topological polar surface area (TPSA) is 55.4 Å². The summed E-state index contributed by atoms with van der Waals surface area (Å²) in [6.07, 6.45) is 2.22. The minimum atomic E-state index is -0.490. The number of benzene rings is 1. The van der Waals surface area contributed by atoms with E-state index in [-0.39, 0.29) is 18.2 Å². The number of hydrogen-bond acceptors (Lipinski definition) is 4. The lowest BCUT2D eigenvalue weighted by atomic mass is 9.96. The first kappa shape index (κ1) is 14.7. The van der Waals surface area contributed by atoms with Crippen molar-refractivity contribution in [2.24, 2.45) is 0 Å². The molecule has 1 aromatic rings. The van der Waals surface area contributed by atoms with Gasteiger partial charge in [-0.15, -0.1) is 0 Å². The Bertz CT molecular complexity index is 520. The molecule has 0 spiro atoms. The van der Waals surface area contributed by atoms with Gasteiger partial charge in [0.05, 0.1) is 19.6 Å². The average molecular weight is 275 g/mol. The monoisotopic (exact) mass is 275 g/mol. The number of esters is 1. The zero-order valence-electron chi connectivity index (χ0n) is 12.2. The lowest BCUT2D eigenvalue weighted by Gasteiger charge is -2.17. The van der Waals surface area contributed by atoms with E-state index in [4.69, 9.17) is 4.74 Å². The smallest absolute Gasteiger partial charge is 0.307 e. The third kappa shape index (κ3) is 3.67. The highest BCUT2D eigenvalue weighted by molar-refractivity contribution is 6.03. The molecule has 1 fully saturated rings. The van der Waals surface area contributed by atoms with Gasteiger partial charge in [-0.05, 0) is 38.3 Å². The second kappa shape index (κ2) is 6.18. The van der Waals surface area contributed by atoms with Crippen LogP contribution in [0.4, 0.5) is 0 Å². The van der Waals surface area contributed by atoms with Gasteiger partial charge in [-0.3, -0.25) is 9.59 Å². The summed E-state index contributed by atoms with van der Waals surface area (Å²) in [4.78, 5) is 24.2. The highest BCUT2D eigenvalue weighted by atomic mass is 16.5. The van der Waals surface area contributed by atoms with Gasteiger partial charge in [0, 0.05) is 11.6 Å². The van der Waals surface area contributed by atoms with E-state index >= 15 is 0 Å². The van der Waals surface area contributed by atoms with Crippen LogP contribution in [-0.2, 0) is 9.53 Å². The summed E-state index contributed by atoms with van der Waals surface area (Å²) in [5, 5.41) is 3.25. The Morgan fingerprint density at radius 1 is 1.35 bits per heavy atom. The normalized spacial score (nSPS) is 15.8. The molecule has 1 unspecified atom stereocenters. The molecular formula is C16H21NO3. The second-order valence-electron chi connectivity index (χ2n) is 5.46. The quantitative estimate of drug-likeness (QED) is 0.638. The van der Waals surface area contributed by atoms with Crippen LogP contribution in [0.15, 0.2) is 18.2 Å². The number of carbonyl (C=O) groups excluding carboxylic acids is 2. The minimum Gasteiger partial charge on any atom is -0.469 e. The summed E-state index contributed by atoms with van der Waals surface area (Å²) in [6.45, 7) is 3.87. The number of methoxy groups -OCH3 is 1. The highest BCUT2D eigenvalue weighted by Crippen LogP contribution is 2.22. The van der Waals surface area contributed by atoms with E-state index < -0.39 is 6.04 Å². The first-order chi connectivity index (χ1) is 9.51. The number of hydrogen-bond donors (Lipinski definition) is 1. The van der Waals surface area contributed by atoms with Crippen LogP contribution in [0, 0.1) is 13.8 Å². The molecule has 0 radical (unpaired) electrons. The van der Waals surface area contributed by atoms with Gasteiger partial charge >= 0.3 is 5.97 Å². The molecule has 20 heavy (non-hydrogen) atoms. The van der Waals surface area contributed by atoms with Crippen LogP contribution < -0.4 is 5.32 Å². The van der Waals surface area contributed by atoms with Gasteiger partial charge in [0.1, 0.15) is 0 Å². The fraction of sp³-hybridized carbons (Fsp3) is 0.500. The predicted octanol–water partition coefficient (Wildman–Crippen LogP) is 2.17. The minimum absolute atomic E-state index is 0.0245. The molecule has 1 N–H and O–H groups in total. The average Bonchev–Trinajstić information content (AvgIpc) is 3.23. The van der Waals surface area contributed by atoms with E-state index in [2.05, 4.69) is 5.32 Å². The van der Waals surface area contributed by atoms with Crippen molar-refractivity contribution in [3.63, 3.8) is 0 Å². The van der Waals surface area contributed by atoms with Crippen molar-refractivity contribution < 1.29 is 14.3 Å². The summed E-state index contributed by atoms with van der Waals surface area (Å²) in [7, 11) is 1.35. The molecular weight excluding hydrogens is 254 g/mol. The summed E-state index contributed by atoms with van der Waals surface area (Å²) >= 11 is 0. The number of ketones is 1.